The van der Waals surface area contributed by atoms with E-state index in [1.165, 1.54) is 12.8 Å². The van der Waals surface area contributed by atoms with Gasteiger partial charge < -0.3 is 14.6 Å². The Morgan fingerprint density at radius 1 is 1.50 bits per heavy atom. The first kappa shape index (κ1) is 12.0. The van der Waals surface area contributed by atoms with E-state index in [9.17, 15) is 9.90 Å². The molecular weight excluding hydrogens is 206 g/mol. The van der Waals surface area contributed by atoms with E-state index < -0.39 is 0 Å². The lowest BCUT2D eigenvalue weighted by Gasteiger charge is -2.38. The molecule has 2 aliphatic heterocycles. The van der Waals surface area contributed by atoms with Gasteiger partial charge in [0.15, 0.2) is 0 Å². The average Bonchev–Trinajstić information content (AvgIpc) is 2.79. The summed E-state index contributed by atoms with van der Waals surface area (Å²) in [6.07, 6.45) is 5.29. The van der Waals surface area contributed by atoms with Crippen LogP contribution in [-0.2, 0) is 9.53 Å². The number of carbonyl (C=O) groups excluding carboxylic acids is 1. The molecule has 4 heteroatoms. The molecule has 2 fully saturated rings. The van der Waals surface area contributed by atoms with Gasteiger partial charge in [0, 0.05) is 19.2 Å². The molecular formula is C12H21NO3. The number of hydrogen-bond acceptors (Lipinski definition) is 4. The molecule has 2 atom stereocenters. The maximum absolute atomic E-state index is 11.2. The van der Waals surface area contributed by atoms with Crippen LogP contribution in [0.4, 0.5) is 0 Å². The minimum absolute atomic E-state index is 0.204. The fourth-order valence-corrected chi connectivity index (χ4v) is 2.76. The molecule has 2 rings (SSSR count). The maximum atomic E-state index is 11.2. The van der Waals surface area contributed by atoms with Gasteiger partial charge >= 0.3 is 0 Å². The van der Waals surface area contributed by atoms with Gasteiger partial charge in [0.2, 0.25) is 0 Å². The predicted octanol–water partition coefficient (Wildman–Crippen LogP) is 0.439. The molecule has 0 aromatic rings. The molecule has 2 unspecified atom stereocenters. The topological polar surface area (TPSA) is 49.8 Å². The van der Waals surface area contributed by atoms with Crippen LogP contribution in [0.15, 0.2) is 0 Å². The Morgan fingerprint density at radius 2 is 2.38 bits per heavy atom. The SMILES string of the molecule is O=CC1(CN2CCCCC2CO)CCOC1. The Labute approximate surface area is 96.6 Å². The predicted molar refractivity (Wildman–Crippen MR) is 60.2 cm³/mol. The van der Waals surface area contributed by atoms with Crippen molar-refractivity contribution < 1.29 is 14.6 Å². The second-order valence-electron chi connectivity index (χ2n) is 5.09. The molecule has 2 heterocycles. The van der Waals surface area contributed by atoms with Gasteiger partial charge in [-0.1, -0.05) is 6.42 Å². The minimum atomic E-state index is -0.315. The summed E-state index contributed by atoms with van der Waals surface area (Å²) in [5, 5.41) is 9.33. The van der Waals surface area contributed by atoms with E-state index in [0.29, 0.717) is 13.2 Å². The molecule has 0 bridgehead atoms. The van der Waals surface area contributed by atoms with Gasteiger partial charge in [-0.25, -0.2) is 0 Å². The summed E-state index contributed by atoms with van der Waals surface area (Å²) in [6, 6.07) is 0.242. The highest BCUT2D eigenvalue weighted by Gasteiger charge is 2.38. The van der Waals surface area contributed by atoms with Crippen molar-refractivity contribution >= 4 is 6.29 Å². The van der Waals surface area contributed by atoms with Crippen molar-refractivity contribution in [1.82, 2.24) is 4.90 Å². The standard InChI is InChI=1S/C12H21NO3/c14-7-11-3-1-2-5-13(11)8-12(9-15)4-6-16-10-12/h9,11,14H,1-8,10H2. The van der Waals surface area contributed by atoms with Crippen molar-refractivity contribution in [1.29, 1.82) is 0 Å². The van der Waals surface area contributed by atoms with Gasteiger partial charge in [0.1, 0.15) is 6.29 Å². The number of rotatable bonds is 4. The van der Waals surface area contributed by atoms with Crippen LogP contribution in [0.2, 0.25) is 0 Å². The highest BCUT2D eigenvalue weighted by atomic mass is 16.5. The van der Waals surface area contributed by atoms with E-state index in [0.717, 1.165) is 32.2 Å². The molecule has 4 nitrogen and oxygen atoms in total. The summed E-state index contributed by atoms with van der Waals surface area (Å²) in [6.45, 7) is 3.19. The molecule has 2 aliphatic rings. The molecule has 0 radical (unpaired) electrons. The fourth-order valence-electron chi connectivity index (χ4n) is 2.76. The number of nitrogens with zero attached hydrogens (tertiary/aromatic N) is 1. The third kappa shape index (κ3) is 2.44. The largest absolute Gasteiger partial charge is 0.395 e. The van der Waals surface area contributed by atoms with Crippen LogP contribution in [0.1, 0.15) is 25.7 Å². The quantitative estimate of drug-likeness (QED) is 0.708. The van der Waals surface area contributed by atoms with E-state index in [2.05, 4.69) is 4.90 Å². The van der Waals surface area contributed by atoms with Crippen LogP contribution >= 0.6 is 0 Å². The average molecular weight is 227 g/mol. The van der Waals surface area contributed by atoms with E-state index in [-0.39, 0.29) is 18.1 Å². The number of likely N-dealkylation sites (tertiary alicyclic amines) is 1. The van der Waals surface area contributed by atoms with Gasteiger partial charge in [0.05, 0.1) is 18.6 Å². The zero-order valence-electron chi connectivity index (χ0n) is 9.73. The van der Waals surface area contributed by atoms with Crippen LogP contribution in [0.3, 0.4) is 0 Å². The summed E-state index contributed by atoms with van der Waals surface area (Å²) < 4.78 is 5.34. The normalized spacial score (nSPS) is 36.4. The van der Waals surface area contributed by atoms with Crippen LogP contribution < -0.4 is 0 Å². The van der Waals surface area contributed by atoms with Crippen LogP contribution in [0.25, 0.3) is 0 Å². The second-order valence-corrected chi connectivity index (χ2v) is 5.09. The molecule has 0 aromatic heterocycles. The number of aliphatic hydroxyl groups is 1. The van der Waals surface area contributed by atoms with E-state index in [1.54, 1.807) is 0 Å². The zero-order valence-corrected chi connectivity index (χ0v) is 9.73. The molecule has 0 spiro atoms. The first-order valence-corrected chi connectivity index (χ1v) is 6.19. The number of carbonyl (C=O) groups is 1. The summed E-state index contributed by atoms with van der Waals surface area (Å²) in [5.41, 5.74) is -0.315. The molecule has 0 aliphatic carbocycles. The van der Waals surface area contributed by atoms with Crippen molar-refractivity contribution in [3.8, 4) is 0 Å². The molecule has 0 amide bonds. The van der Waals surface area contributed by atoms with Crippen molar-refractivity contribution in [2.24, 2.45) is 5.41 Å². The molecule has 16 heavy (non-hydrogen) atoms. The number of aliphatic hydroxyl groups excluding tert-OH is 1. The maximum Gasteiger partial charge on any atom is 0.129 e. The monoisotopic (exact) mass is 227 g/mol. The van der Waals surface area contributed by atoms with Gasteiger partial charge in [-0.15, -0.1) is 0 Å². The fraction of sp³-hybridized carbons (Fsp3) is 0.917. The highest BCUT2D eigenvalue weighted by Crippen LogP contribution is 2.30. The zero-order chi connectivity index (χ0) is 11.4. The van der Waals surface area contributed by atoms with E-state index >= 15 is 0 Å². The summed E-state index contributed by atoms with van der Waals surface area (Å²) in [5.74, 6) is 0. The Morgan fingerprint density at radius 3 is 3.00 bits per heavy atom. The van der Waals surface area contributed by atoms with Gasteiger partial charge in [0.25, 0.3) is 0 Å². The first-order chi connectivity index (χ1) is 7.79. The van der Waals surface area contributed by atoms with Crippen molar-refractivity contribution in [2.75, 3.05) is 32.9 Å². The summed E-state index contributed by atoms with van der Waals surface area (Å²) in [4.78, 5) is 13.5. The smallest absolute Gasteiger partial charge is 0.129 e. The van der Waals surface area contributed by atoms with Crippen molar-refractivity contribution in [3.05, 3.63) is 0 Å². The van der Waals surface area contributed by atoms with Crippen molar-refractivity contribution in [2.45, 2.75) is 31.7 Å². The Balaban J connectivity index is 1.97. The van der Waals surface area contributed by atoms with E-state index in [4.69, 9.17) is 4.74 Å². The van der Waals surface area contributed by atoms with Gasteiger partial charge in [-0.3, -0.25) is 4.90 Å². The number of ether oxygens (including phenoxy) is 1. The Hall–Kier alpha value is -0.450. The Bertz CT molecular complexity index is 238. The Kier molecular flexibility index (Phi) is 3.95. The summed E-state index contributed by atoms with van der Waals surface area (Å²) >= 11 is 0. The minimum Gasteiger partial charge on any atom is -0.395 e. The lowest BCUT2D eigenvalue weighted by Crippen LogP contribution is -2.48. The van der Waals surface area contributed by atoms with Gasteiger partial charge in [-0.2, -0.15) is 0 Å². The van der Waals surface area contributed by atoms with E-state index in [1.807, 2.05) is 0 Å². The highest BCUT2D eigenvalue weighted by molar-refractivity contribution is 5.60. The molecule has 0 aromatic carbocycles. The summed E-state index contributed by atoms with van der Waals surface area (Å²) in [7, 11) is 0. The van der Waals surface area contributed by atoms with Gasteiger partial charge in [-0.05, 0) is 25.8 Å². The molecule has 2 saturated heterocycles. The first-order valence-electron chi connectivity index (χ1n) is 6.19. The third-order valence-electron chi connectivity index (χ3n) is 3.86. The third-order valence-corrected chi connectivity index (χ3v) is 3.86. The molecule has 92 valence electrons. The van der Waals surface area contributed by atoms with Crippen LogP contribution in [0, 0.1) is 5.41 Å². The number of aldehydes is 1. The number of piperidine rings is 1. The second kappa shape index (κ2) is 5.25. The lowest BCUT2D eigenvalue weighted by atomic mass is 9.87. The molecule has 1 N–H and O–H groups in total. The van der Waals surface area contributed by atoms with Crippen LogP contribution in [-0.4, -0.2) is 55.2 Å². The molecule has 0 saturated carbocycles. The van der Waals surface area contributed by atoms with Crippen LogP contribution in [0.5, 0.6) is 0 Å². The number of hydrogen-bond donors (Lipinski definition) is 1. The lowest BCUT2D eigenvalue weighted by molar-refractivity contribution is -0.118. The van der Waals surface area contributed by atoms with Crippen molar-refractivity contribution in [3.63, 3.8) is 0 Å².